The van der Waals surface area contributed by atoms with Crippen molar-refractivity contribution in [1.29, 1.82) is 0 Å². The van der Waals surface area contributed by atoms with Crippen molar-refractivity contribution in [3.63, 3.8) is 0 Å². The van der Waals surface area contributed by atoms with E-state index in [1.54, 1.807) is 32.9 Å². The van der Waals surface area contributed by atoms with Gasteiger partial charge in [-0.3, -0.25) is 9.59 Å². The Morgan fingerprint density at radius 1 is 1.16 bits per heavy atom. The van der Waals surface area contributed by atoms with Crippen molar-refractivity contribution < 1.29 is 22.7 Å². The minimum absolute atomic E-state index is 0.0768. The zero-order valence-corrected chi connectivity index (χ0v) is 15.6. The number of nitrogens with one attached hydrogen (secondary N) is 1. The van der Waals surface area contributed by atoms with Crippen LogP contribution in [0, 0.1) is 0 Å². The van der Waals surface area contributed by atoms with Crippen LogP contribution in [0.15, 0.2) is 29.2 Å². The van der Waals surface area contributed by atoms with E-state index in [1.807, 2.05) is 4.90 Å². The molecular formula is C17H24N2O5S. The minimum atomic E-state index is -3.79. The van der Waals surface area contributed by atoms with Crippen LogP contribution in [0.25, 0.3) is 0 Å². The summed E-state index contributed by atoms with van der Waals surface area (Å²) in [5.74, 6) is -0.382. The van der Waals surface area contributed by atoms with Gasteiger partial charge in [-0.15, -0.1) is 0 Å². The molecule has 0 bridgehead atoms. The molecule has 1 saturated heterocycles. The largest absolute Gasteiger partial charge is 0.459 e. The lowest BCUT2D eigenvalue weighted by Crippen LogP contribution is -2.35. The third kappa shape index (κ3) is 5.82. The van der Waals surface area contributed by atoms with Crippen LogP contribution in [0.3, 0.4) is 0 Å². The highest BCUT2D eigenvalue weighted by molar-refractivity contribution is 7.89. The zero-order valence-electron chi connectivity index (χ0n) is 14.7. The molecule has 1 N–H and O–H groups in total. The maximum atomic E-state index is 12.3. The molecule has 2 rings (SSSR count). The third-order valence-electron chi connectivity index (χ3n) is 3.66. The number of nitrogens with zero attached hydrogens (tertiary/aromatic N) is 1. The number of ether oxygens (including phenoxy) is 1. The predicted octanol–water partition coefficient (Wildman–Crippen LogP) is 1.48. The molecular weight excluding hydrogens is 344 g/mol. The molecule has 8 heteroatoms. The van der Waals surface area contributed by atoms with Gasteiger partial charge in [-0.05, 0) is 45.0 Å². The average molecular weight is 368 g/mol. The molecule has 1 heterocycles. The van der Waals surface area contributed by atoms with Gasteiger partial charge in [0.25, 0.3) is 0 Å². The summed E-state index contributed by atoms with van der Waals surface area (Å²) < 4.78 is 31.8. The van der Waals surface area contributed by atoms with Crippen molar-refractivity contribution in [2.45, 2.75) is 44.1 Å². The van der Waals surface area contributed by atoms with E-state index in [-0.39, 0.29) is 10.7 Å². The van der Waals surface area contributed by atoms with Gasteiger partial charge >= 0.3 is 5.97 Å². The number of hydrogen-bond donors (Lipinski definition) is 1. The number of rotatable bonds is 5. The number of benzene rings is 1. The van der Waals surface area contributed by atoms with E-state index < -0.39 is 28.1 Å². The molecule has 1 aromatic carbocycles. The lowest BCUT2D eigenvalue weighted by molar-refractivity contribution is -0.153. The number of carbonyl (C=O) groups is 2. The SMILES string of the molecule is CC(C)(C)OC(=O)CNS(=O)(=O)c1ccc(N2CCC(=O)CC2)cc1. The summed E-state index contributed by atoms with van der Waals surface area (Å²) in [6.07, 6.45) is 1.02. The fraction of sp³-hybridized carbons (Fsp3) is 0.529. The number of esters is 1. The molecule has 0 aromatic heterocycles. The quantitative estimate of drug-likeness (QED) is 0.792. The molecule has 7 nitrogen and oxygen atoms in total. The van der Waals surface area contributed by atoms with Crippen molar-refractivity contribution in [2.24, 2.45) is 0 Å². The number of carbonyl (C=O) groups excluding carboxylic acids is 2. The lowest BCUT2D eigenvalue weighted by atomic mass is 10.1. The summed E-state index contributed by atoms with van der Waals surface area (Å²) in [6.45, 7) is 6.00. The van der Waals surface area contributed by atoms with E-state index in [0.717, 1.165) is 5.69 Å². The summed E-state index contributed by atoms with van der Waals surface area (Å²) >= 11 is 0. The van der Waals surface area contributed by atoms with Crippen LogP contribution in [0.1, 0.15) is 33.6 Å². The highest BCUT2D eigenvalue weighted by Gasteiger charge is 2.21. The van der Waals surface area contributed by atoms with E-state index in [2.05, 4.69) is 4.72 Å². The van der Waals surface area contributed by atoms with E-state index in [4.69, 9.17) is 4.74 Å². The van der Waals surface area contributed by atoms with Gasteiger partial charge in [0.2, 0.25) is 10.0 Å². The molecule has 138 valence electrons. The normalized spacial score (nSPS) is 16.0. The van der Waals surface area contributed by atoms with Gasteiger partial charge in [0.05, 0.1) is 4.90 Å². The number of hydrogen-bond acceptors (Lipinski definition) is 6. The van der Waals surface area contributed by atoms with E-state index in [0.29, 0.717) is 25.9 Å². The van der Waals surface area contributed by atoms with Gasteiger partial charge in [0.15, 0.2) is 0 Å². The van der Waals surface area contributed by atoms with Crippen LogP contribution in [-0.2, 0) is 24.3 Å². The van der Waals surface area contributed by atoms with Gasteiger partial charge in [-0.1, -0.05) is 0 Å². The van der Waals surface area contributed by atoms with Crippen LogP contribution in [0.2, 0.25) is 0 Å². The monoisotopic (exact) mass is 368 g/mol. The summed E-state index contributed by atoms with van der Waals surface area (Å²) in [6, 6.07) is 6.39. The second-order valence-electron chi connectivity index (χ2n) is 6.93. The molecule has 0 radical (unpaired) electrons. The number of piperidine rings is 1. The molecule has 25 heavy (non-hydrogen) atoms. The number of Topliss-reactive ketones (excluding diaryl/α,β-unsaturated/α-hetero) is 1. The van der Waals surface area contributed by atoms with Crippen molar-refractivity contribution in [2.75, 3.05) is 24.5 Å². The van der Waals surface area contributed by atoms with Crippen LogP contribution < -0.4 is 9.62 Å². The Balaban J connectivity index is 1.98. The predicted molar refractivity (Wildman–Crippen MR) is 93.9 cm³/mol. The number of sulfonamides is 1. The first-order valence-corrected chi connectivity index (χ1v) is 9.63. The zero-order chi connectivity index (χ0) is 18.7. The Labute approximate surface area is 148 Å². The number of anilines is 1. The van der Waals surface area contributed by atoms with Gasteiger partial charge in [0, 0.05) is 31.6 Å². The maximum absolute atomic E-state index is 12.3. The molecule has 0 aliphatic carbocycles. The molecule has 1 aliphatic rings. The highest BCUT2D eigenvalue weighted by Crippen LogP contribution is 2.21. The Morgan fingerprint density at radius 3 is 2.24 bits per heavy atom. The Kier molecular flexibility index (Phi) is 5.84. The fourth-order valence-electron chi connectivity index (χ4n) is 2.47. The summed E-state index contributed by atoms with van der Waals surface area (Å²) in [5, 5.41) is 0. The lowest BCUT2D eigenvalue weighted by Gasteiger charge is -2.28. The second kappa shape index (κ2) is 7.53. The third-order valence-corrected chi connectivity index (χ3v) is 5.08. The van der Waals surface area contributed by atoms with E-state index in [1.165, 1.54) is 12.1 Å². The summed E-state index contributed by atoms with van der Waals surface area (Å²) in [5.41, 5.74) is 0.207. The molecule has 0 atom stereocenters. The van der Waals surface area contributed by atoms with Crippen molar-refractivity contribution in [1.82, 2.24) is 4.72 Å². The minimum Gasteiger partial charge on any atom is -0.459 e. The smallest absolute Gasteiger partial charge is 0.321 e. The molecule has 0 spiro atoms. The van der Waals surface area contributed by atoms with Crippen molar-refractivity contribution >= 4 is 27.5 Å². The molecule has 0 amide bonds. The summed E-state index contributed by atoms with van der Waals surface area (Å²) in [4.78, 5) is 25.1. The Bertz CT molecular complexity index is 725. The Hall–Kier alpha value is -1.93. The van der Waals surface area contributed by atoms with Crippen LogP contribution in [0.5, 0.6) is 0 Å². The maximum Gasteiger partial charge on any atom is 0.321 e. The first-order chi connectivity index (χ1) is 11.6. The molecule has 1 fully saturated rings. The molecule has 1 aliphatic heterocycles. The van der Waals surface area contributed by atoms with Gasteiger partial charge in [-0.25, -0.2) is 8.42 Å². The van der Waals surface area contributed by atoms with Crippen LogP contribution in [-0.4, -0.2) is 45.4 Å². The molecule has 1 aromatic rings. The van der Waals surface area contributed by atoms with Gasteiger partial charge < -0.3 is 9.64 Å². The van der Waals surface area contributed by atoms with E-state index >= 15 is 0 Å². The number of ketones is 1. The van der Waals surface area contributed by atoms with Crippen LogP contribution in [0.4, 0.5) is 5.69 Å². The van der Waals surface area contributed by atoms with Gasteiger partial charge in [-0.2, -0.15) is 4.72 Å². The first-order valence-electron chi connectivity index (χ1n) is 8.15. The summed E-state index contributed by atoms with van der Waals surface area (Å²) in [7, 11) is -3.79. The van der Waals surface area contributed by atoms with Crippen LogP contribution >= 0.6 is 0 Å². The van der Waals surface area contributed by atoms with Crippen molar-refractivity contribution in [3.05, 3.63) is 24.3 Å². The Morgan fingerprint density at radius 2 is 1.72 bits per heavy atom. The first kappa shape index (κ1) is 19.4. The second-order valence-corrected chi connectivity index (χ2v) is 8.70. The van der Waals surface area contributed by atoms with Gasteiger partial charge in [0.1, 0.15) is 17.9 Å². The topological polar surface area (TPSA) is 92.8 Å². The standard InChI is InChI=1S/C17H24N2O5S/c1-17(2,3)24-16(21)12-18-25(22,23)15-6-4-13(5-7-15)19-10-8-14(20)9-11-19/h4-7,18H,8-12H2,1-3H3. The van der Waals surface area contributed by atoms with E-state index in [9.17, 15) is 18.0 Å². The molecule has 0 saturated carbocycles. The highest BCUT2D eigenvalue weighted by atomic mass is 32.2. The average Bonchev–Trinajstić information content (AvgIpc) is 2.52. The fourth-order valence-corrected chi connectivity index (χ4v) is 3.43. The molecule has 0 unspecified atom stereocenters. The van der Waals surface area contributed by atoms with Crippen molar-refractivity contribution in [3.8, 4) is 0 Å².